The van der Waals surface area contributed by atoms with Gasteiger partial charge in [-0.05, 0) is 61.5 Å². The van der Waals surface area contributed by atoms with Gasteiger partial charge < -0.3 is 16.0 Å². The van der Waals surface area contributed by atoms with Gasteiger partial charge in [0.1, 0.15) is 0 Å². The second-order valence-electron chi connectivity index (χ2n) is 6.92. The van der Waals surface area contributed by atoms with E-state index < -0.39 is 0 Å². The molecule has 6 nitrogen and oxygen atoms in total. The Balaban J connectivity index is 1.45. The zero-order chi connectivity index (χ0) is 22.2. The fourth-order valence-electron chi connectivity index (χ4n) is 2.80. The van der Waals surface area contributed by atoms with Crippen LogP contribution in [0.1, 0.15) is 36.6 Å². The Hall–Kier alpha value is -3.64. The minimum absolute atomic E-state index is 0.215. The van der Waals surface area contributed by atoms with Gasteiger partial charge in [-0.2, -0.15) is 0 Å². The molecule has 0 spiro atoms. The van der Waals surface area contributed by atoms with E-state index in [0.717, 1.165) is 5.56 Å². The zero-order valence-corrected chi connectivity index (χ0v) is 17.7. The first-order valence-corrected chi connectivity index (χ1v) is 10.1. The summed E-state index contributed by atoms with van der Waals surface area (Å²) >= 11 is 5.88. The van der Waals surface area contributed by atoms with Crippen LogP contribution in [0.5, 0.6) is 0 Å². The molecule has 3 aromatic carbocycles. The number of halogens is 1. The number of aryl methyl sites for hydroxylation is 1. The molecule has 0 aliphatic carbocycles. The summed E-state index contributed by atoms with van der Waals surface area (Å²) in [5.74, 6) is -0.744. The molecule has 3 amide bonds. The van der Waals surface area contributed by atoms with Crippen LogP contribution in [-0.2, 0) is 0 Å². The summed E-state index contributed by atoms with van der Waals surface area (Å²) in [6.07, 6.45) is 0. The third-order valence-electron chi connectivity index (χ3n) is 4.50. The van der Waals surface area contributed by atoms with Crippen LogP contribution in [0.15, 0.2) is 72.8 Å². The normalized spacial score (nSPS) is 10.3. The fraction of sp³-hybridized carbons (Fsp3) is 0.125. The summed E-state index contributed by atoms with van der Waals surface area (Å²) in [7, 11) is 0. The SMILES string of the molecule is Cc1ccc(C(=O)Nc2ccc(C(=O)NCCNC(=O)c3cccc(Cl)c3)cc2)cc1. The van der Waals surface area contributed by atoms with Gasteiger partial charge in [0.25, 0.3) is 17.7 Å². The van der Waals surface area contributed by atoms with Crippen molar-refractivity contribution >= 4 is 35.0 Å². The number of benzene rings is 3. The topological polar surface area (TPSA) is 87.3 Å². The molecule has 0 unspecified atom stereocenters. The molecule has 3 aromatic rings. The van der Waals surface area contributed by atoms with Gasteiger partial charge in [-0.15, -0.1) is 0 Å². The van der Waals surface area contributed by atoms with Crippen molar-refractivity contribution < 1.29 is 14.4 Å². The molecule has 0 aliphatic heterocycles. The largest absolute Gasteiger partial charge is 0.350 e. The monoisotopic (exact) mass is 435 g/mol. The Morgan fingerprint density at radius 3 is 1.87 bits per heavy atom. The molecule has 0 radical (unpaired) electrons. The summed E-state index contributed by atoms with van der Waals surface area (Å²) < 4.78 is 0. The molecule has 0 fully saturated rings. The minimum atomic E-state index is -0.270. The lowest BCUT2D eigenvalue weighted by Gasteiger charge is -2.09. The molecule has 3 N–H and O–H groups in total. The summed E-state index contributed by atoms with van der Waals surface area (Å²) in [6, 6.07) is 20.5. The summed E-state index contributed by atoms with van der Waals surface area (Å²) in [4.78, 5) is 36.6. The van der Waals surface area contributed by atoms with Gasteiger partial charge in [-0.25, -0.2) is 0 Å². The van der Waals surface area contributed by atoms with Crippen LogP contribution < -0.4 is 16.0 Å². The van der Waals surface area contributed by atoms with Crippen LogP contribution in [0, 0.1) is 6.92 Å². The highest BCUT2D eigenvalue weighted by molar-refractivity contribution is 6.30. The van der Waals surface area contributed by atoms with E-state index in [1.54, 1.807) is 60.7 Å². The van der Waals surface area contributed by atoms with E-state index in [4.69, 9.17) is 11.6 Å². The molecular weight excluding hydrogens is 414 g/mol. The van der Waals surface area contributed by atoms with Crippen molar-refractivity contribution in [3.8, 4) is 0 Å². The number of hydrogen-bond acceptors (Lipinski definition) is 3. The van der Waals surface area contributed by atoms with Crippen LogP contribution in [0.3, 0.4) is 0 Å². The molecular formula is C24H22ClN3O3. The second kappa shape index (κ2) is 10.4. The van der Waals surface area contributed by atoms with E-state index in [1.165, 1.54) is 0 Å². The highest BCUT2D eigenvalue weighted by Gasteiger charge is 2.09. The van der Waals surface area contributed by atoms with Crippen LogP contribution in [0.4, 0.5) is 5.69 Å². The van der Waals surface area contributed by atoms with Gasteiger partial charge in [-0.3, -0.25) is 14.4 Å². The summed E-state index contributed by atoms with van der Waals surface area (Å²) in [5, 5.41) is 8.75. The summed E-state index contributed by atoms with van der Waals surface area (Å²) in [6.45, 7) is 2.51. The van der Waals surface area contributed by atoms with Crippen molar-refractivity contribution in [1.82, 2.24) is 10.6 Å². The van der Waals surface area contributed by atoms with E-state index in [1.807, 2.05) is 19.1 Å². The molecule has 3 rings (SSSR count). The van der Waals surface area contributed by atoms with Crippen molar-refractivity contribution in [2.24, 2.45) is 0 Å². The lowest BCUT2D eigenvalue weighted by Crippen LogP contribution is -2.34. The lowest BCUT2D eigenvalue weighted by molar-refractivity contribution is 0.0927. The smallest absolute Gasteiger partial charge is 0.255 e. The van der Waals surface area contributed by atoms with Crippen LogP contribution in [-0.4, -0.2) is 30.8 Å². The van der Waals surface area contributed by atoms with E-state index in [2.05, 4.69) is 16.0 Å². The first kappa shape index (κ1) is 22.1. The van der Waals surface area contributed by atoms with Crippen LogP contribution in [0.2, 0.25) is 5.02 Å². The maximum Gasteiger partial charge on any atom is 0.255 e. The predicted molar refractivity (Wildman–Crippen MR) is 122 cm³/mol. The third-order valence-corrected chi connectivity index (χ3v) is 4.74. The van der Waals surface area contributed by atoms with Gasteiger partial charge in [0.2, 0.25) is 0 Å². The Kier molecular flexibility index (Phi) is 7.40. The van der Waals surface area contributed by atoms with Crippen LogP contribution in [0.25, 0.3) is 0 Å². The third kappa shape index (κ3) is 6.42. The molecule has 0 atom stereocenters. The fourth-order valence-corrected chi connectivity index (χ4v) is 2.99. The lowest BCUT2D eigenvalue weighted by atomic mass is 10.1. The number of anilines is 1. The highest BCUT2D eigenvalue weighted by Crippen LogP contribution is 2.12. The number of nitrogens with one attached hydrogen (secondary N) is 3. The Morgan fingerprint density at radius 2 is 1.26 bits per heavy atom. The second-order valence-corrected chi connectivity index (χ2v) is 7.36. The van der Waals surface area contributed by atoms with Gasteiger partial charge >= 0.3 is 0 Å². The molecule has 158 valence electrons. The van der Waals surface area contributed by atoms with Crippen molar-refractivity contribution in [3.63, 3.8) is 0 Å². The Bertz CT molecular complexity index is 1080. The molecule has 0 saturated carbocycles. The predicted octanol–water partition coefficient (Wildman–Crippen LogP) is 4.06. The average molecular weight is 436 g/mol. The highest BCUT2D eigenvalue weighted by atomic mass is 35.5. The number of amides is 3. The molecule has 0 aromatic heterocycles. The molecule has 31 heavy (non-hydrogen) atoms. The van der Waals surface area contributed by atoms with Gasteiger partial charge in [0, 0.05) is 40.5 Å². The van der Waals surface area contributed by atoms with Crippen molar-refractivity contribution in [2.75, 3.05) is 18.4 Å². The minimum Gasteiger partial charge on any atom is -0.350 e. The standard InChI is InChI=1S/C24H22ClN3O3/c1-16-5-7-18(8-6-16)24(31)28-21-11-9-17(10-12-21)22(29)26-13-14-27-23(30)19-3-2-4-20(25)15-19/h2-12,15H,13-14H2,1H3,(H,26,29)(H,27,30)(H,28,31). The molecule has 0 saturated heterocycles. The van der Waals surface area contributed by atoms with Crippen molar-refractivity contribution in [3.05, 3.63) is 100 Å². The first-order valence-electron chi connectivity index (χ1n) is 9.72. The van der Waals surface area contributed by atoms with E-state index >= 15 is 0 Å². The maximum absolute atomic E-state index is 12.3. The molecule has 0 bridgehead atoms. The number of carbonyl (C=O) groups is 3. The van der Waals surface area contributed by atoms with Crippen molar-refractivity contribution in [1.29, 1.82) is 0 Å². The average Bonchev–Trinajstić information content (AvgIpc) is 2.77. The summed E-state index contributed by atoms with van der Waals surface area (Å²) in [5.41, 5.74) is 3.15. The van der Waals surface area contributed by atoms with Gasteiger partial charge in [-0.1, -0.05) is 35.4 Å². The van der Waals surface area contributed by atoms with Crippen LogP contribution >= 0.6 is 11.6 Å². The van der Waals surface area contributed by atoms with Crippen molar-refractivity contribution in [2.45, 2.75) is 6.92 Å². The van der Waals surface area contributed by atoms with E-state index in [0.29, 0.717) is 27.4 Å². The quantitative estimate of drug-likeness (QED) is 0.489. The molecule has 0 heterocycles. The number of rotatable bonds is 7. The van der Waals surface area contributed by atoms with E-state index in [9.17, 15) is 14.4 Å². The molecule has 7 heteroatoms. The zero-order valence-electron chi connectivity index (χ0n) is 16.9. The number of hydrogen-bond donors (Lipinski definition) is 3. The molecule has 0 aliphatic rings. The Labute approximate surface area is 185 Å². The first-order chi connectivity index (χ1) is 14.9. The maximum atomic E-state index is 12.3. The van der Waals surface area contributed by atoms with Gasteiger partial charge in [0.05, 0.1) is 0 Å². The number of carbonyl (C=O) groups excluding carboxylic acids is 3. The van der Waals surface area contributed by atoms with Gasteiger partial charge in [0.15, 0.2) is 0 Å². The van der Waals surface area contributed by atoms with E-state index in [-0.39, 0.29) is 30.8 Å². The Morgan fingerprint density at radius 1 is 0.710 bits per heavy atom.